The average molecular weight is 252 g/mol. The predicted octanol–water partition coefficient (Wildman–Crippen LogP) is 2.51. The number of hydrogen-bond donors (Lipinski definition) is 1. The summed E-state index contributed by atoms with van der Waals surface area (Å²) in [7, 11) is 0. The first-order chi connectivity index (χ1) is 7.66. The Balaban J connectivity index is 2.07. The SMILES string of the molecule is CC(CSc1nc2ccccc2s1)C(N)=O. The van der Waals surface area contributed by atoms with Gasteiger partial charge in [-0.2, -0.15) is 0 Å². The minimum Gasteiger partial charge on any atom is -0.369 e. The third-order valence-electron chi connectivity index (χ3n) is 2.22. The number of carbonyl (C=O) groups is 1. The first kappa shape index (κ1) is 11.4. The Kier molecular flexibility index (Phi) is 3.46. The van der Waals surface area contributed by atoms with Crippen molar-refractivity contribution in [1.82, 2.24) is 4.98 Å². The summed E-state index contributed by atoms with van der Waals surface area (Å²) in [6.45, 7) is 1.84. The molecule has 0 aliphatic rings. The lowest BCUT2D eigenvalue weighted by Crippen LogP contribution is -2.22. The molecule has 5 heteroatoms. The minimum atomic E-state index is -0.256. The summed E-state index contributed by atoms with van der Waals surface area (Å²) >= 11 is 3.24. The van der Waals surface area contributed by atoms with Gasteiger partial charge in [-0.05, 0) is 12.1 Å². The quantitative estimate of drug-likeness (QED) is 0.851. The molecule has 2 aromatic rings. The molecule has 0 spiro atoms. The lowest BCUT2D eigenvalue weighted by Gasteiger charge is -2.03. The molecular formula is C11H12N2OS2. The number of amides is 1. The van der Waals surface area contributed by atoms with Crippen molar-refractivity contribution >= 4 is 39.2 Å². The standard InChI is InChI=1S/C11H12N2OS2/c1-7(10(12)14)6-15-11-13-8-4-2-3-5-9(8)16-11/h2-5,7H,6H2,1H3,(H2,12,14). The molecule has 1 aromatic heterocycles. The van der Waals surface area contributed by atoms with Crippen LogP contribution in [0.4, 0.5) is 0 Å². The van der Waals surface area contributed by atoms with Crippen molar-refractivity contribution in [3.63, 3.8) is 0 Å². The predicted molar refractivity (Wildman–Crippen MR) is 68.7 cm³/mol. The van der Waals surface area contributed by atoms with Crippen LogP contribution in [-0.4, -0.2) is 16.6 Å². The Morgan fingerprint density at radius 2 is 2.31 bits per heavy atom. The number of nitrogens with two attached hydrogens (primary N) is 1. The van der Waals surface area contributed by atoms with Crippen molar-refractivity contribution in [2.24, 2.45) is 11.7 Å². The van der Waals surface area contributed by atoms with Gasteiger partial charge in [-0.3, -0.25) is 4.79 Å². The third kappa shape index (κ3) is 2.54. The van der Waals surface area contributed by atoms with Gasteiger partial charge in [-0.15, -0.1) is 11.3 Å². The molecule has 0 aliphatic heterocycles. The number of thioether (sulfide) groups is 1. The first-order valence-electron chi connectivity index (χ1n) is 4.94. The van der Waals surface area contributed by atoms with E-state index in [1.54, 1.807) is 23.1 Å². The molecule has 0 bridgehead atoms. The van der Waals surface area contributed by atoms with Crippen molar-refractivity contribution in [3.8, 4) is 0 Å². The highest BCUT2D eigenvalue weighted by molar-refractivity contribution is 8.01. The molecule has 1 aromatic carbocycles. The summed E-state index contributed by atoms with van der Waals surface area (Å²) in [5.41, 5.74) is 6.22. The van der Waals surface area contributed by atoms with E-state index in [1.165, 1.54) is 4.70 Å². The molecular weight excluding hydrogens is 240 g/mol. The van der Waals surface area contributed by atoms with E-state index in [4.69, 9.17) is 5.73 Å². The van der Waals surface area contributed by atoms with Crippen LogP contribution in [0, 0.1) is 5.92 Å². The molecule has 1 unspecified atom stereocenters. The number of fused-ring (bicyclic) bond motifs is 1. The largest absolute Gasteiger partial charge is 0.369 e. The van der Waals surface area contributed by atoms with Crippen LogP contribution in [0.1, 0.15) is 6.92 Å². The number of benzene rings is 1. The first-order valence-corrected chi connectivity index (χ1v) is 6.74. The molecule has 0 aliphatic carbocycles. The number of rotatable bonds is 4. The average Bonchev–Trinajstić information content (AvgIpc) is 2.68. The minimum absolute atomic E-state index is 0.114. The van der Waals surface area contributed by atoms with E-state index in [-0.39, 0.29) is 11.8 Å². The molecule has 0 saturated heterocycles. The van der Waals surface area contributed by atoms with Gasteiger partial charge in [0, 0.05) is 11.7 Å². The van der Waals surface area contributed by atoms with Crippen LogP contribution in [-0.2, 0) is 4.79 Å². The van der Waals surface area contributed by atoms with E-state index < -0.39 is 0 Å². The van der Waals surface area contributed by atoms with Crippen molar-refractivity contribution in [2.45, 2.75) is 11.3 Å². The third-order valence-corrected chi connectivity index (χ3v) is 4.66. The maximum Gasteiger partial charge on any atom is 0.221 e. The van der Waals surface area contributed by atoms with Crippen LogP contribution in [0.15, 0.2) is 28.6 Å². The fraction of sp³-hybridized carbons (Fsp3) is 0.273. The van der Waals surface area contributed by atoms with Gasteiger partial charge in [-0.25, -0.2) is 4.98 Å². The number of thiazole rings is 1. The maximum absolute atomic E-state index is 10.9. The molecule has 16 heavy (non-hydrogen) atoms. The Hall–Kier alpha value is -1.07. The second-order valence-electron chi connectivity index (χ2n) is 3.56. The van der Waals surface area contributed by atoms with Crippen LogP contribution < -0.4 is 5.73 Å². The highest BCUT2D eigenvalue weighted by Gasteiger charge is 2.11. The molecule has 0 saturated carbocycles. The van der Waals surface area contributed by atoms with E-state index in [0.29, 0.717) is 5.75 Å². The monoisotopic (exact) mass is 252 g/mol. The number of primary amides is 1. The van der Waals surface area contributed by atoms with Gasteiger partial charge in [0.25, 0.3) is 0 Å². The normalized spacial score (nSPS) is 12.8. The molecule has 0 radical (unpaired) electrons. The highest BCUT2D eigenvalue weighted by atomic mass is 32.2. The highest BCUT2D eigenvalue weighted by Crippen LogP contribution is 2.30. The van der Waals surface area contributed by atoms with Gasteiger partial charge in [0.05, 0.1) is 10.2 Å². The lowest BCUT2D eigenvalue weighted by atomic mass is 10.2. The van der Waals surface area contributed by atoms with E-state index in [0.717, 1.165) is 9.86 Å². The molecule has 0 fully saturated rings. The molecule has 2 rings (SSSR count). The van der Waals surface area contributed by atoms with Crippen LogP contribution in [0.3, 0.4) is 0 Å². The van der Waals surface area contributed by atoms with Gasteiger partial charge < -0.3 is 5.73 Å². The second kappa shape index (κ2) is 4.84. The summed E-state index contributed by atoms with van der Waals surface area (Å²) in [6, 6.07) is 8.02. The van der Waals surface area contributed by atoms with E-state index in [9.17, 15) is 4.79 Å². The van der Waals surface area contributed by atoms with Gasteiger partial charge in [0.2, 0.25) is 5.91 Å². The Labute approximate surface area is 102 Å². The van der Waals surface area contributed by atoms with E-state index in [2.05, 4.69) is 11.1 Å². The lowest BCUT2D eigenvalue weighted by molar-refractivity contribution is -0.120. The molecule has 1 amide bonds. The Morgan fingerprint density at radius 1 is 1.56 bits per heavy atom. The maximum atomic E-state index is 10.9. The van der Waals surface area contributed by atoms with Crippen molar-refractivity contribution in [2.75, 3.05) is 5.75 Å². The topological polar surface area (TPSA) is 56.0 Å². The Morgan fingerprint density at radius 3 is 3.00 bits per heavy atom. The van der Waals surface area contributed by atoms with Crippen LogP contribution >= 0.6 is 23.1 Å². The van der Waals surface area contributed by atoms with Crippen LogP contribution in [0.2, 0.25) is 0 Å². The summed E-state index contributed by atoms with van der Waals surface area (Å²) in [4.78, 5) is 15.4. The van der Waals surface area contributed by atoms with Crippen molar-refractivity contribution < 1.29 is 4.79 Å². The van der Waals surface area contributed by atoms with Crippen molar-refractivity contribution in [1.29, 1.82) is 0 Å². The van der Waals surface area contributed by atoms with Gasteiger partial charge in [-0.1, -0.05) is 30.8 Å². The molecule has 2 N–H and O–H groups in total. The smallest absolute Gasteiger partial charge is 0.221 e. The van der Waals surface area contributed by atoms with Gasteiger partial charge >= 0.3 is 0 Å². The summed E-state index contributed by atoms with van der Waals surface area (Å²) in [5, 5.41) is 0. The summed E-state index contributed by atoms with van der Waals surface area (Å²) < 4.78 is 2.17. The molecule has 1 atom stereocenters. The van der Waals surface area contributed by atoms with E-state index in [1.807, 2.05) is 25.1 Å². The zero-order valence-corrected chi connectivity index (χ0v) is 10.5. The molecule has 1 heterocycles. The summed E-state index contributed by atoms with van der Waals surface area (Å²) in [6.07, 6.45) is 0. The van der Waals surface area contributed by atoms with Gasteiger partial charge in [0.1, 0.15) is 0 Å². The number of nitrogens with zero attached hydrogens (tertiary/aromatic N) is 1. The molecule has 84 valence electrons. The fourth-order valence-electron chi connectivity index (χ4n) is 1.19. The number of hydrogen-bond acceptors (Lipinski definition) is 4. The number of para-hydroxylation sites is 1. The van der Waals surface area contributed by atoms with Gasteiger partial charge in [0.15, 0.2) is 4.34 Å². The van der Waals surface area contributed by atoms with Crippen LogP contribution in [0.25, 0.3) is 10.2 Å². The number of carbonyl (C=O) groups excluding carboxylic acids is 1. The number of aromatic nitrogens is 1. The van der Waals surface area contributed by atoms with Crippen LogP contribution in [0.5, 0.6) is 0 Å². The fourth-order valence-corrected chi connectivity index (χ4v) is 3.32. The summed E-state index contributed by atoms with van der Waals surface area (Å²) in [5.74, 6) is 0.320. The zero-order chi connectivity index (χ0) is 11.5. The Bertz CT molecular complexity index is 476. The van der Waals surface area contributed by atoms with E-state index >= 15 is 0 Å². The second-order valence-corrected chi connectivity index (χ2v) is 5.86. The zero-order valence-electron chi connectivity index (χ0n) is 8.84. The molecule has 3 nitrogen and oxygen atoms in total. The van der Waals surface area contributed by atoms with Crippen molar-refractivity contribution in [3.05, 3.63) is 24.3 Å².